The van der Waals surface area contributed by atoms with Gasteiger partial charge in [0.25, 0.3) is 0 Å². The largest absolute Gasteiger partial charge is 0.379 e. The van der Waals surface area contributed by atoms with Crippen molar-refractivity contribution >= 4 is 22.6 Å². The highest BCUT2D eigenvalue weighted by Crippen LogP contribution is 2.63. The van der Waals surface area contributed by atoms with Crippen molar-refractivity contribution < 1.29 is 4.74 Å². The Morgan fingerprint density at radius 1 is 1.17 bits per heavy atom. The van der Waals surface area contributed by atoms with Gasteiger partial charge in [-0.3, -0.25) is 9.58 Å². The lowest BCUT2D eigenvalue weighted by Gasteiger charge is -2.65. The van der Waals surface area contributed by atoms with Crippen LogP contribution in [0.15, 0.2) is 12.4 Å². The van der Waals surface area contributed by atoms with Crippen molar-refractivity contribution in [2.75, 3.05) is 26.3 Å². The van der Waals surface area contributed by atoms with Gasteiger partial charge in [0.1, 0.15) is 0 Å². The summed E-state index contributed by atoms with van der Waals surface area (Å²) in [5.41, 5.74) is 0.978. The molecule has 1 saturated heterocycles. The molecule has 4 bridgehead atoms. The van der Waals surface area contributed by atoms with Crippen molar-refractivity contribution in [1.29, 1.82) is 0 Å². The first-order valence-electron chi connectivity index (χ1n) is 9.16. The summed E-state index contributed by atoms with van der Waals surface area (Å²) >= 11 is 2.38. The molecule has 2 atom stereocenters. The fraction of sp³-hybridized carbons (Fsp3) is 0.833. The molecule has 23 heavy (non-hydrogen) atoms. The fourth-order valence-electron chi connectivity index (χ4n) is 6.76. The number of hydrogen-bond donors (Lipinski definition) is 0. The molecule has 0 aromatic carbocycles. The highest BCUT2D eigenvalue weighted by atomic mass is 127. The molecule has 5 heteroatoms. The Kier molecular flexibility index (Phi) is 3.57. The van der Waals surface area contributed by atoms with Crippen LogP contribution in [0.4, 0.5) is 0 Å². The second kappa shape index (κ2) is 5.43. The van der Waals surface area contributed by atoms with Crippen LogP contribution in [0.3, 0.4) is 0 Å². The van der Waals surface area contributed by atoms with Crippen LogP contribution in [0.5, 0.6) is 0 Å². The summed E-state index contributed by atoms with van der Waals surface area (Å²) in [6, 6.07) is 0. The Bertz CT molecular complexity index is 581. The average Bonchev–Trinajstić information content (AvgIpc) is 2.91. The average molecular weight is 427 g/mol. The van der Waals surface area contributed by atoms with Gasteiger partial charge in [0.15, 0.2) is 0 Å². The third kappa shape index (κ3) is 2.58. The molecular formula is C18H26IN3O. The molecule has 0 spiro atoms. The minimum absolute atomic E-state index is 0.480. The number of morpholine rings is 1. The van der Waals surface area contributed by atoms with Crippen LogP contribution in [-0.4, -0.2) is 46.5 Å². The van der Waals surface area contributed by atoms with E-state index in [0.717, 1.165) is 44.7 Å². The van der Waals surface area contributed by atoms with Crippen LogP contribution in [0.25, 0.3) is 0 Å². The zero-order chi connectivity index (χ0) is 15.5. The van der Waals surface area contributed by atoms with Crippen LogP contribution in [0.1, 0.15) is 38.5 Å². The normalized spacial score (nSPS) is 43.2. The van der Waals surface area contributed by atoms with E-state index in [1.54, 1.807) is 0 Å². The Morgan fingerprint density at radius 3 is 2.57 bits per heavy atom. The van der Waals surface area contributed by atoms with Crippen LogP contribution in [0, 0.1) is 20.8 Å². The van der Waals surface area contributed by atoms with Gasteiger partial charge >= 0.3 is 0 Å². The molecule has 2 heterocycles. The number of hydrogen-bond acceptors (Lipinski definition) is 3. The van der Waals surface area contributed by atoms with Gasteiger partial charge in [-0.05, 0) is 78.4 Å². The summed E-state index contributed by atoms with van der Waals surface area (Å²) in [4.78, 5) is 2.82. The Balaban J connectivity index is 1.44. The number of nitrogens with zero attached hydrogens (tertiary/aromatic N) is 3. The molecule has 1 aromatic rings. The molecule has 0 amide bonds. The molecule has 0 radical (unpaired) electrons. The quantitative estimate of drug-likeness (QED) is 0.695. The first kappa shape index (κ1) is 15.1. The zero-order valence-electron chi connectivity index (χ0n) is 13.7. The number of halogens is 1. The molecule has 4 saturated carbocycles. The second-order valence-electron chi connectivity index (χ2n) is 8.64. The smallest absolute Gasteiger partial charge is 0.0623 e. The van der Waals surface area contributed by atoms with Gasteiger partial charge in [-0.15, -0.1) is 0 Å². The third-order valence-electron chi connectivity index (χ3n) is 6.93. The summed E-state index contributed by atoms with van der Waals surface area (Å²) in [6.45, 7) is 5.29. The van der Waals surface area contributed by atoms with E-state index in [1.807, 2.05) is 6.20 Å². The van der Waals surface area contributed by atoms with Crippen molar-refractivity contribution in [2.24, 2.45) is 17.3 Å². The maximum atomic E-state index is 5.63. The van der Waals surface area contributed by atoms with Gasteiger partial charge in [-0.1, -0.05) is 0 Å². The molecule has 5 aliphatic rings. The zero-order valence-corrected chi connectivity index (χ0v) is 15.9. The van der Waals surface area contributed by atoms with E-state index < -0.39 is 0 Å². The molecule has 6 rings (SSSR count). The first-order chi connectivity index (χ1) is 11.1. The molecule has 126 valence electrons. The molecule has 0 N–H and O–H groups in total. The van der Waals surface area contributed by atoms with E-state index in [4.69, 9.17) is 4.74 Å². The molecule has 1 aromatic heterocycles. The third-order valence-corrected chi connectivity index (χ3v) is 7.49. The van der Waals surface area contributed by atoms with Gasteiger partial charge in [0.05, 0.1) is 23.0 Å². The monoisotopic (exact) mass is 427 g/mol. The van der Waals surface area contributed by atoms with Crippen molar-refractivity contribution in [3.63, 3.8) is 0 Å². The Hall–Kier alpha value is -0.140. The van der Waals surface area contributed by atoms with Crippen LogP contribution in [-0.2, 0) is 11.3 Å². The summed E-state index contributed by atoms with van der Waals surface area (Å²) in [5.74, 6) is 1.91. The molecular weight excluding hydrogens is 401 g/mol. The molecule has 4 nitrogen and oxygen atoms in total. The van der Waals surface area contributed by atoms with E-state index in [-0.39, 0.29) is 0 Å². The molecule has 4 aliphatic carbocycles. The number of rotatable bonds is 3. The lowest BCUT2D eigenvalue weighted by Crippen LogP contribution is -2.65. The van der Waals surface area contributed by atoms with E-state index in [0.29, 0.717) is 11.0 Å². The lowest BCUT2D eigenvalue weighted by atomic mass is 9.46. The topological polar surface area (TPSA) is 30.3 Å². The lowest BCUT2D eigenvalue weighted by molar-refractivity contribution is -0.155. The van der Waals surface area contributed by atoms with Crippen molar-refractivity contribution in [1.82, 2.24) is 14.7 Å². The van der Waals surface area contributed by atoms with Gasteiger partial charge in [-0.25, -0.2) is 0 Å². The highest BCUT2D eigenvalue weighted by Gasteiger charge is 2.59. The van der Waals surface area contributed by atoms with Crippen molar-refractivity contribution in [3.05, 3.63) is 16.0 Å². The van der Waals surface area contributed by atoms with E-state index in [1.165, 1.54) is 42.1 Å². The van der Waals surface area contributed by atoms with Crippen LogP contribution < -0.4 is 0 Å². The first-order valence-corrected chi connectivity index (χ1v) is 10.2. The van der Waals surface area contributed by atoms with Crippen LogP contribution >= 0.6 is 22.6 Å². The van der Waals surface area contributed by atoms with E-state index >= 15 is 0 Å². The predicted octanol–water partition coefficient (Wildman–Crippen LogP) is 3.16. The summed E-state index contributed by atoms with van der Waals surface area (Å²) in [7, 11) is 0. The summed E-state index contributed by atoms with van der Waals surface area (Å²) in [6.07, 6.45) is 12.9. The van der Waals surface area contributed by atoms with E-state index in [2.05, 4.69) is 43.5 Å². The summed E-state index contributed by atoms with van der Waals surface area (Å²) in [5, 5.41) is 4.60. The van der Waals surface area contributed by atoms with Crippen molar-refractivity contribution in [2.45, 2.75) is 50.6 Å². The maximum Gasteiger partial charge on any atom is 0.0623 e. The number of ether oxygens (including phenoxy) is 1. The van der Waals surface area contributed by atoms with Gasteiger partial charge < -0.3 is 4.74 Å². The van der Waals surface area contributed by atoms with E-state index in [9.17, 15) is 0 Å². The van der Waals surface area contributed by atoms with Gasteiger partial charge in [0.2, 0.25) is 0 Å². The van der Waals surface area contributed by atoms with Crippen molar-refractivity contribution in [3.8, 4) is 0 Å². The predicted molar refractivity (Wildman–Crippen MR) is 97.2 cm³/mol. The molecule has 2 unspecified atom stereocenters. The molecule has 5 fully saturated rings. The molecule has 1 aliphatic heterocycles. The SMILES string of the molecule is Ic1cnn(CC23CC4CC(C2)CC(N2CCOCC2)(C4)C3)c1. The van der Waals surface area contributed by atoms with Gasteiger partial charge in [0, 0.05) is 31.4 Å². The maximum absolute atomic E-state index is 5.63. The highest BCUT2D eigenvalue weighted by molar-refractivity contribution is 14.1. The second-order valence-corrected chi connectivity index (χ2v) is 9.89. The minimum atomic E-state index is 0.480. The Labute approximate surface area is 152 Å². The van der Waals surface area contributed by atoms with Gasteiger partial charge in [-0.2, -0.15) is 5.10 Å². The standard InChI is InChI=1S/C18H26IN3O/c19-16-10-20-22(11-16)13-17-6-14-5-15(7-17)9-18(8-14,12-17)21-1-3-23-4-2-21/h10-11,14-15H,1-9,12-13H2. The Morgan fingerprint density at radius 2 is 1.91 bits per heavy atom. The summed E-state index contributed by atoms with van der Waals surface area (Å²) < 4.78 is 9.11. The van der Waals surface area contributed by atoms with Crippen LogP contribution in [0.2, 0.25) is 0 Å². The minimum Gasteiger partial charge on any atom is -0.379 e. The number of aromatic nitrogens is 2. The fourth-order valence-corrected chi connectivity index (χ4v) is 7.21.